The van der Waals surface area contributed by atoms with Crippen LogP contribution >= 0.6 is 12.4 Å². The van der Waals surface area contributed by atoms with Crippen molar-refractivity contribution in [2.24, 2.45) is 0 Å². The molecule has 0 saturated carbocycles. The highest BCUT2D eigenvalue weighted by Crippen LogP contribution is 2.20. The van der Waals surface area contributed by atoms with Crippen LogP contribution in [0, 0.1) is 0 Å². The molecule has 0 fully saturated rings. The third kappa shape index (κ3) is 1.79. The molecule has 0 aromatic heterocycles. The monoisotopic (exact) mass is 184 g/mol. The van der Waals surface area contributed by atoms with Gasteiger partial charge in [0.05, 0.1) is 6.10 Å². The van der Waals surface area contributed by atoms with Gasteiger partial charge in [0, 0.05) is 0 Å². The van der Waals surface area contributed by atoms with Crippen molar-refractivity contribution in [2.75, 3.05) is 0 Å². The maximum Gasteiger partial charge on any atom is 0.0583 e. The van der Waals surface area contributed by atoms with Crippen LogP contribution in [0.3, 0.4) is 0 Å². The van der Waals surface area contributed by atoms with Gasteiger partial charge in [-0.15, -0.1) is 12.4 Å². The van der Waals surface area contributed by atoms with Crippen molar-refractivity contribution >= 4 is 12.4 Å². The van der Waals surface area contributed by atoms with Crippen LogP contribution in [0.4, 0.5) is 0 Å². The zero-order valence-corrected chi connectivity index (χ0v) is 7.68. The van der Waals surface area contributed by atoms with E-state index in [1.165, 1.54) is 11.1 Å². The Bertz CT molecular complexity index is 260. The smallest absolute Gasteiger partial charge is 0.0583 e. The number of aryl methyl sites for hydroxylation is 1. The fourth-order valence-corrected chi connectivity index (χ4v) is 1.68. The van der Waals surface area contributed by atoms with Gasteiger partial charge in [-0.25, -0.2) is 0 Å². The van der Waals surface area contributed by atoms with Crippen LogP contribution in [-0.4, -0.2) is 11.2 Å². The number of rotatable bonds is 0. The van der Waals surface area contributed by atoms with Crippen molar-refractivity contribution in [1.82, 2.24) is 0 Å². The molecule has 66 valence electrons. The lowest BCUT2D eigenvalue weighted by Crippen LogP contribution is -2.18. The Kier molecular flexibility index (Phi) is 3.12. The van der Waals surface area contributed by atoms with Crippen LogP contribution in [0.2, 0.25) is 0 Å². The third-order valence-electron chi connectivity index (χ3n) is 2.32. The van der Waals surface area contributed by atoms with Gasteiger partial charge >= 0.3 is 0 Å². The van der Waals surface area contributed by atoms with Crippen LogP contribution in [0.1, 0.15) is 17.5 Å². The summed E-state index contributed by atoms with van der Waals surface area (Å²) in [5.74, 6) is 0. The Morgan fingerprint density at radius 1 is 1.17 bits per heavy atom. The summed E-state index contributed by atoms with van der Waals surface area (Å²) in [7, 11) is 0. The van der Waals surface area contributed by atoms with Crippen LogP contribution in [0.5, 0.6) is 0 Å². The van der Waals surface area contributed by atoms with Gasteiger partial charge in [0.1, 0.15) is 0 Å². The number of aliphatic hydroxyl groups excluding tert-OH is 1. The van der Waals surface area contributed by atoms with Gasteiger partial charge in [-0.2, -0.15) is 0 Å². The average molecular weight is 185 g/mol. The first-order valence-corrected chi connectivity index (χ1v) is 4.11. The number of fused-ring (bicyclic) bond motifs is 1. The molecule has 0 saturated heterocycles. The molecule has 1 aromatic carbocycles. The van der Waals surface area contributed by atoms with E-state index in [0.29, 0.717) is 0 Å². The van der Waals surface area contributed by atoms with E-state index in [1.807, 2.05) is 6.07 Å². The SMILES string of the molecule is Cl.OC1CCc2ccccc2C1. The quantitative estimate of drug-likeness (QED) is 0.654. The third-order valence-corrected chi connectivity index (χ3v) is 2.32. The van der Waals surface area contributed by atoms with E-state index < -0.39 is 0 Å². The minimum Gasteiger partial charge on any atom is -0.393 e. The molecule has 12 heavy (non-hydrogen) atoms. The van der Waals surface area contributed by atoms with E-state index in [-0.39, 0.29) is 18.5 Å². The highest BCUT2D eigenvalue weighted by atomic mass is 35.5. The molecule has 0 spiro atoms. The molecular formula is C10H13ClO. The van der Waals surface area contributed by atoms with E-state index in [4.69, 9.17) is 0 Å². The fourth-order valence-electron chi connectivity index (χ4n) is 1.68. The zero-order valence-electron chi connectivity index (χ0n) is 6.86. The summed E-state index contributed by atoms with van der Waals surface area (Å²) in [5.41, 5.74) is 2.74. The van der Waals surface area contributed by atoms with Gasteiger partial charge in [-0.05, 0) is 30.4 Å². The molecule has 1 aliphatic rings. The number of hydrogen-bond acceptors (Lipinski definition) is 1. The lowest BCUT2D eigenvalue weighted by atomic mass is 9.90. The molecule has 1 N–H and O–H groups in total. The van der Waals surface area contributed by atoms with E-state index in [1.54, 1.807) is 0 Å². The van der Waals surface area contributed by atoms with Crippen molar-refractivity contribution in [3.8, 4) is 0 Å². The van der Waals surface area contributed by atoms with Gasteiger partial charge in [-0.1, -0.05) is 24.3 Å². The normalized spacial score (nSPS) is 20.9. The summed E-state index contributed by atoms with van der Waals surface area (Å²) in [6.07, 6.45) is 2.70. The van der Waals surface area contributed by atoms with Crippen LogP contribution < -0.4 is 0 Å². The summed E-state index contributed by atoms with van der Waals surface area (Å²) in [5, 5.41) is 9.36. The first-order valence-electron chi connectivity index (χ1n) is 4.11. The minimum atomic E-state index is -0.107. The maximum atomic E-state index is 9.36. The molecule has 1 unspecified atom stereocenters. The summed E-state index contributed by atoms with van der Waals surface area (Å²) >= 11 is 0. The lowest BCUT2D eigenvalue weighted by molar-refractivity contribution is 0.158. The molecule has 2 heteroatoms. The molecular weight excluding hydrogens is 172 g/mol. The van der Waals surface area contributed by atoms with Crippen LogP contribution in [0.25, 0.3) is 0 Å². The Morgan fingerprint density at radius 2 is 1.83 bits per heavy atom. The Balaban J connectivity index is 0.000000720. The summed E-state index contributed by atoms with van der Waals surface area (Å²) < 4.78 is 0. The second-order valence-electron chi connectivity index (χ2n) is 3.17. The molecule has 1 nitrogen and oxygen atoms in total. The second-order valence-corrected chi connectivity index (χ2v) is 3.17. The number of aliphatic hydroxyl groups is 1. The largest absolute Gasteiger partial charge is 0.393 e. The maximum absolute atomic E-state index is 9.36. The van der Waals surface area contributed by atoms with Gasteiger partial charge < -0.3 is 5.11 Å². The van der Waals surface area contributed by atoms with E-state index in [0.717, 1.165) is 19.3 Å². The molecule has 0 amide bonds. The van der Waals surface area contributed by atoms with Gasteiger partial charge in [0.25, 0.3) is 0 Å². The standard InChI is InChI=1S/C10H12O.ClH/c11-10-6-5-8-3-1-2-4-9(8)7-10;/h1-4,10-11H,5-7H2;1H. The fraction of sp³-hybridized carbons (Fsp3) is 0.400. The molecule has 0 radical (unpaired) electrons. The summed E-state index contributed by atoms with van der Waals surface area (Å²) in [4.78, 5) is 0. The summed E-state index contributed by atoms with van der Waals surface area (Å²) in [6, 6.07) is 8.37. The lowest BCUT2D eigenvalue weighted by Gasteiger charge is -2.19. The molecule has 0 heterocycles. The molecule has 0 bridgehead atoms. The minimum absolute atomic E-state index is 0. The van der Waals surface area contributed by atoms with Crippen LogP contribution in [-0.2, 0) is 12.8 Å². The van der Waals surface area contributed by atoms with Crippen molar-refractivity contribution in [3.63, 3.8) is 0 Å². The zero-order chi connectivity index (χ0) is 7.68. The van der Waals surface area contributed by atoms with Crippen molar-refractivity contribution in [3.05, 3.63) is 35.4 Å². The number of benzene rings is 1. The first-order chi connectivity index (χ1) is 5.36. The highest BCUT2D eigenvalue weighted by molar-refractivity contribution is 5.85. The van der Waals surface area contributed by atoms with Crippen molar-refractivity contribution in [2.45, 2.75) is 25.4 Å². The molecule has 1 aliphatic carbocycles. The first kappa shape index (κ1) is 9.56. The van der Waals surface area contributed by atoms with Crippen LogP contribution in [0.15, 0.2) is 24.3 Å². The average Bonchev–Trinajstić information content (AvgIpc) is 2.04. The second kappa shape index (κ2) is 3.92. The predicted molar refractivity (Wildman–Crippen MR) is 51.7 cm³/mol. The van der Waals surface area contributed by atoms with E-state index in [9.17, 15) is 5.11 Å². The molecule has 2 rings (SSSR count). The van der Waals surface area contributed by atoms with Crippen molar-refractivity contribution < 1.29 is 5.11 Å². The van der Waals surface area contributed by atoms with Gasteiger partial charge in [0.2, 0.25) is 0 Å². The van der Waals surface area contributed by atoms with E-state index >= 15 is 0 Å². The predicted octanol–water partition coefficient (Wildman–Crippen LogP) is 1.96. The Morgan fingerprint density at radius 3 is 2.58 bits per heavy atom. The molecule has 0 aliphatic heterocycles. The van der Waals surface area contributed by atoms with Gasteiger partial charge in [-0.3, -0.25) is 0 Å². The molecule has 1 atom stereocenters. The number of hydrogen-bond donors (Lipinski definition) is 1. The van der Waals surface area contributed by atoms with E-state index in [2.05, 4.69) is 18.2 Å². The Labute approximate surface area is 78.8 Å². The van der Waals surface area contributed by atoms with Crippen molar-refractivity contribution in [1.29, 1.82) is 0 Å². The topological polar surface area (TPSA) is 20.2 Å². The number of halogens is 1. The summed E-state index contributed by atoms with van der Waals surface area (Å²) in [6.45, 7) is 0. The molecule has 1 aromatic rings. The van der Waals surface area contributed by atoms with Gasteiger partial charge in [0.15, 0.2) is 0 Å². The highest BCUT2D eigenvalue weighted by Gasteiger charge is 2.14. The Hall–Kier alpha value is -0.530.